The lowest BCUT2D eigenvalue weighted by Crippen LogP contribution is -2.33. The molecule has 0 radical (unpaired) electrons. The first-order valence-corrected chi connectivity index (χ1v) is 12.5. The lowest BCUT2D eigenvalue weighted by molar-refractivity contribution is 0.0941. The molecule has 2 atom stereocenters. The van der Waals surface area contributed by atoms with Crippen molar-refractivity contribution in [3.05, 3.63) is 83.2 Å². The first-order valence-electron chi connectivity index (χ1n) is 12.5. The van der Waals surface area contributed by atoms with Crippen molar-refractivity contribution in [1.82, 2.24) is 10.3 Å². The van der Waals surface area contributed by atoms with Crippen LogP contribution in [0.3, 0.4) is 0 Å². The molecule has 1 saturated carbocycles. The summed E-state index contributed by atoms with van der Waals surface area (Å²) >= 11 is 0. The number of nitriles is 1. The molecule has 6 nitrogen and oxygen atoms in total. The Morgan fingerprint density at radius 3 is 2.75 bits per heavy atom. The molecule has 0 spiro atoms. The zero-order valence-corrected chi connectivity index (χ0v) is 20.3. The third-order valence-corrected chi connectivity index (χ3v) is 6.83. The zero-order chi connectivity index (χ0) is 25.3. The Bertz CT molecular complexity index is 1240. The van der Waals surface area contributed by atoms with Gasteiger partial charge in [0.05, 0.1) is 22.9 Å². The Balaban J connectivity index is 1.53. The molecule has 2 unspecified atom stereocenters. The lowest BCUT2D eigenvalue weighted by Gasteiger charge is -2.28. The number of anilines is 1. The Morgan fingerprint density at radius 1 is 1.11 bits per heavy atom. The van der Waals surface area contributed by atoms with Crippen LogP contribution in [0.25, 0.3) is 11.3 Å². The summed E-state index contributed by atoms with van der Waals surface area (Å²) < 4.78 is 13.6. The minimum Gasteiger partial charge on any atom is -0.369 e. The van der Waals surface area contributed by atoms with Gasteiger partial charge in [0.2, 0.25) is 0 Å². The number of aromatic nitrogens is 1. The van der Waals surface area contributed by atoms with E-state index in [1.54, 1.807) is 24.3 Å². The van der Waals surface area contributed by atoms with Gasteiger partial charge in [0.15, 0.2) is 0 Å². The molecule has 2 aromatic carbocycles. The van der Waals surface area contributed by atoms with Gasteiger partial charge in [-0.1, -0.05) is 36.8 Å². The van der Waals surface area contributed by atoms with Crippen LogP contribution < -0.4 is 16.4 Å². The van der Waals surface area contributed by atoms with Crippen LogP contribution in [0.15, 0.2) is 60.7 Å². The molecule has 186 valence electrons. The van der Waals surface area contributed by atoms with Crippen molar-refractivity contribution in [1.29, 1.82) is 5.26 Å². The second kappa shape index (κ2) is 12.3. The minimum absolute atomic E-state index is 0.189. The standard InChI is InChI=1S/C29H32FN5O/c30-24-9-4-5-20(16-24)13-14-33-28-26(29(36)34-19-22-7-3-6-21(15-22)17-31)11-12-27(35-28)25-10-2-1-8-23(25)18-32/h1-2,4-5,8-12,16,21-22H,3,6-7,13-15,17,19,31H2,(H,33,35)(H,34,36). The van der Waals surface area contributed by atoms with E-state index in [-0.39, 0.29) is 11.7 Å². The van der Waals surface area contributed by atoms with E-state index in [2.05, 4.69) is 16.7 Å². The Labute approximate surface area is 211 Å². The number of nitrogens with two attached hydrogens (primary N) is 1. The number of rotatable bonds is 9. The number of amides is 1. The van der Waals surface area contributed by atoms with Gasteiger partial charge in [-0.2, -0.15) is 5.26 Å². The molecule has 4 rings (SSSR count). The van der Waals surface area contributed by atoms with Crippen molar-refractivity contribution in [2.24, 2.45) is 17.6 Å². The van der Waals surface area contributed by atoms with Gasteiger partial charge in [-0.15, -0.1) is 0 Å². The van der Waals surface area contributed by atoms with Gasteiger partial charge in [-0.3, -0.25) is 4.79 Å². The summed E-state index contributed by atoms with van der Waals surface area (Å²) in [5.74, 6) is 0.931. The van der Waals surface area contributed by atoms with Crippen molar-refractivity contribution in [3.63, 3.8) is 0 Å². The molecule has 1 amide bonds. The highest BCUT2D eigenvalue weighted by Gasteiger charge is 2.22. The van der Waals surface area contributed by atoms with Crippen LogP contribution in [-0.2, 0) is 6.42 Å². The summed E-state index contributed by atoms with van der Waals surface area (Å²) in [7, 11) is 0. The number of pyridine rings is 1. The molecule has 36 heavy (non-hydrogen) atoms. The fourth-order valence-corrected chi connectivity index (χ4v) is 4.88. The zero-order valence-electron chi connectivity index (χ0n) is 20.3. The van der Waals surface area contributed by atoms with E-state index in [0.717, 1.165) is 31.2 Å². The maximum atomic E-state index is 13.6. The number of hydrogen-bond acceptors (Lipinski definition) is 5. The maximum Gasteiger partial charge on any atom is 0.255 e. The predicted octanol–water partition coefficient (Wildman–Crippen LogP) is 4.91. The highest BCUT2D eigenvalue weighted by atomic mass is 19.1. The van der Waals surface area contributed by atoms with Crippen LogP contribution in [0.5, 0.6) is 0 Å². The van der Waals surface area contributed by atoms with Gasteiger partial charge in [0, 0.05) is 18.7 Å². The van der Waals surface area contributed by atoms with Crippen molar-refractivity contribution in [2.75, 3.05) is 25.0 Å². The molecule has 0 bridgehead atoms. The molecule has 1 aromatic heterocycles. The van der Waals surface area contributed by atoms with Crippen LogP contribution >= 0.6 is 0 Å². The van der Waals surface area contributed by atoms with Gasteiger partial charge in [0.25, 0.3) is 5.91 Å². The number of carbonyl (C=O) groups is 1. The first-order chi connectivity index (χ1) is 17.6. The average Bonchev–Trinajstić information content (AvgIpc) is 2.92. The van der Waals surface area contributed by atoms with Gasteiger partial charge in [0.1, 0.15) is 11.6 Å². The molecule has 4 N–H and O–H groups in total. The first kappa shape index (κ1) is 25.3. The van der Waals surface area contributed by atoms with E-state index in [0.29, 0.717) is 66.1 Å². The molecule has 0 saturated heterocycles. The number of nitrogens with one attached hydrogen (secondary N) is 2. The highest BCUT2D eigenvalue weighted by Crippen LogP contribution is 2.28. The van der Waals surface area contributed by atoms with Crippen LogP contribution in [0.2, 0.25) is 0 Å². The molecular formula is C29H32FN5O. The molecule has 7 heteroatoms. The van der Waals surface area contributed by atoms with Gasteiger partial charge in [-0.05, 0) is 80.0 Å². The molecule has 1 heterocycles. The third-order valence-electron chi connectivity index (χ3n) is 6.83. The molecule has 1 aliphatic carbocycles. The maximum absolute atomic E-state index is 13.6. The van der Waals surface area contributed by atoms with E-state index in [1.165, 1.54) is 12.1 Å². The van der Waals surface area contributed by atoms with Crippen molar-refractivity contribution in [2.45, 2.75) is 32.1 Å². The fourth-order valence-electron chi connectivity index (χ4n) is 4.88. The Hall–Kier alpha value is -3.76. The molecular weight excluding hydrogens is 453 g/mol. The van der Waals surface area contributed by atoms with E-state index in [4.69, 9.17) is 10.7 Å². The molecule has 0 aliphatic heterocycles. The van der Waals surface area contributed by atoms with Gasteiger partial charge in [-0.25, -0.2) is 9.37 Å². The van der Waals surface area contributed by atoms with E-state index in [9.17, 15) is 14.4 Å². The summed E-state index contributed by atoms with van der Waals surface area (Å²) in [6.07, 6.45) is 5.01. The number of benzene rings is 2. The Kier molecular flexibility index (Phi) is 8.64. The van der Waals surface area contributed by atoms with Crippen molar-refractivity contribution >= 4 is 11.7 Å². The monoisotopic (exact) mass is 485 g/mol. The van der Waals surface area contributed by atoms with Crippen molar-refractivity contribution in [3.8, 4) is 17.3 Å². The average molecular weight is 486 g/mol. The summed E-state index contributed by atoms with van der Waals surface area (Å²) in [6, 6.07) is 19.4. The molecule has 1 aliphatic rings. The lowest BCUT2D eigenvalue weighted by atomic mass is 9.81. The van der Waals surface area contributed by atoms with Crippen LogP contribution in [-0.4, -0.2) is 30.5 Å². The molecule has 3 aromatic rings. The van der Waals surface area contributed by atoms with Crippen molar-refractivity contribution < 1.29 is 9.18 Å². The van der Waals surface area contributed by atoms with Gasteiger partial charge < -0.3 is 16.4 Å². The summed E-state index contributed by atoms with van der Waals surface area (Å²) in [5.41, 5.74) is 8.99. The number of nitrogens with zero attached hydrogens (tertiary/aromatic N) is 2. The topological polar surface area (TPSA) is 104 Å². The SMILES string of the molecule is N#Cc1ccccc1-c1ccc(C(=O)NCC2CCCC(CN)C2)c(NCCc2cccc(F)c2)n1. The minimum atomic E-state index is -0.277. The second-order valence-electron chi connectivity index (χ2n) is 9.40. The summed E-state index contributed by atoms with van der Waals surface area (Å²) in [4.78, 5) is 17.9. The normalized spacial score (nSPS) is 17.2. The number of halogens is 1. The van der Waals surface area contributed by atoms with Gasteiger partial charge >= 0.3 is 0 Å². The Morgan fingerprint density at radius 2 is 1.94 bits per heavy atom. The van der Waals surface area contributed by atoms with Crippen LogP contribution in [0, 0.1) is 29.0 Å². The summed E-state index contributed by atoms with van der Waals surface area (Å²) in [6.45, 7) is 1.78. The van der Waals surface area contributed by atoms with E-state index >= 15 is 0 Å². The fraction of sp³-hybridized carbons (Fsp3) is 0.345. The summed E-state index contributed by atoms with van der Waals surface area (Å²) in [5, 5.41) is 15.9. The van der Waals surface area contributed by atoms with Crippen LogP contribution in [0.4, 0.5) is 10.2 Å². The highest BCUT2D eigenvalue weighted by molar-refractivity contribution is 5.99. The smallest absolute Gasteiger partial charge is 0.255 e. The quantitative estimate of drug-likeness (QED) is 0.400. The van der Waals surface area contributed by atoms with E-state index < -0.39 is 0 Å². The van der Waals surface area contributed by atoms with E-state index in [1.807, 2.05) is 24.3 Å². The van der Waals surface area contributed by atoms with Crippen LogP contribution in [0.1, 0.15) is 47.2 Å². The largest absolute Gasteiger partial charge is 0.369 e. The predicted molar refractivity (Wildman–Crippen MR) is 140 cm³/mol. The number of hydrogen-bond donors (Lipinski definition) is 3. The number of carbonyl (C=O) groups excluding carboxylic acids is 1. The third kappa shape index (κ3) is 6.46. The second-order valence-corrected chi connectivity index (χ2v) is 9.40. The molecule has 1 fully saturated rings.